The van der Waals surface area contributed by atoms with Crippen LogP contribution in [0.4, 0.5) is 0 Å². The van der Waals surface area contributed by atoms with Gasteiger partial charge < -0.3 is 20.6 Å². The normalized spacial score (nSPS) is 21.8. The molecule has 1 aromatic rings. The van der Waals surface area contributed by atoms with Crippen molar-refractivity contribution in [3.63, 3.8) is 0 Å². The first-order valence-corrected chi connectivity index (χ1v) is 10.4. The van der Waals surface area contributed by atoms with Crippen molar-refractivity contribution in [2.75, 3.05) is 33.7 Å². The Balaban J connectivity index is 0.00000420. The minimum absolute atomic E-state index is 0. The highest BCUT2D eigenvalue weighted by atomic mass is 127. The molecule has 1 amide bonds. The Bertz CT molecular complexity index is 681. The van der Waals surface area contributed by atoms with Gasteiger partial charge in [0.25, 0.3) is 5.91 Å². The number of carbonyl (C=O) groups is 1. The van der Waals surface area contributed by atoms with Crippen molar-refractivity contribution in [2.24, 2.45) is 10.4 Å². The van der Waals surface area contributed by atoms with Gasteiger partial charge in [-0.05, 0) is 43.9 Å². The van der Waals surface area contributed by atoms with Crippen LogP contribution >= 0.6 is 24.0 Å². The summed E-state index contributed by atoms with van der Waals surface area (Å²) in [5.41, 5.74) is 1.69. The molecule has 0 aromatic heterocycles. The maximum Gasteiger partial charge on any atom is 0.253 e. The number of amides is 1. The molecule has 1 fully saturated rings. The van der Waals surface area contributed by atoms with E-state index in [0.29, 0.717) is 12.1 Å². The molecule has 0 radical (unpaired) electrons. The number of halogens is 1. The molecule has 0 saturated heterocycles. The maximum absolute atomic E-state index is 12.1. The second kappa shape index (κ2) is 12.4. The number of aliphatic imine (C=N–C) groups is 1. The Morgan fingerprint density at radius 1 is 1.31 bits per heavy atom. The van der Waals surface area contributed by atoms with Crippen LogP contribution in [0.15, 0.2) is 29.3 Å². The zero-order chi connectivity index (χ0) is 20.6. The minimum Gasteiger partial charge on any atom is -0.392 e. The van der Waals surface area contributed by atoms with Gasteiger partial charge in [-0.1, -0.05) is 31.9 Å². The van der Waals surface area contributed by atoms with E-state index in [1.54, 1.807) is 19.0 Å². The van der Waals surface area contributed by atoms with E-state index in [9.17, 15) is 9.90 Å². The number of aliphatic hydroxyl groups is 1. The van der Waals surface area contributed by atoms with Crippen LogP contribution in [0.3, 0.4) is 0 Å². The van der Waals surface area contributed by atoms with Gasteiger partial charge >= 0.3 is 0 Å². The number of rotatable bonds is 7. The Hall–Kier alpha value is -1.35. The molecule has 2 rings (SSSR count). The molecule has 1 saturated carbocycles. The third kappa shape index (κ3) is 7.77. The molecular weight excluding hydrogens is 479 g/mol. The second-order valence-corrected chi connectivity index (χ2v) is 8.19. The largest absolute Gasteiger partial charge is 0.392 e. The Morgan fingerprint density at radius 3 is 2.72 bits per heavy atom. The lowest BCUT2D eigenvalue weighted by Crippen LogP contribution is -2.42. The van der Waals surface area contributed by atoms with Gasteiger partial charge in [0.05, 0.1) is 12.6 Å². The van der Waals surface area contributed by atoms with E-state index in [2.05, 4.69) is 17.6 Å². The van der Waals surface area contributed by atoms with Crippen molar-refractivity contribution < 1.29 is 9.90 Å². The molecule has 0 aliphatic heterocycles. The Kier molecular flexibility index (Phi) is 11.0. The molecular formula is C22H37IN4O2. The molecule has 1 aliphatic rings. The van der Waals surface area contributed by atoms with Crippen molar-refractivity contribution in [1.29, 1.82) is 0 Å². The molecule has 0 spiro atoms. The fourth-order valence-electron chi connectivity index (χ4n) is 3.61. The van der Waals surface area contributed by atoms with Gasteiger partial charge in [-0.15, -0.1) is 24.0 Å². The van der Waals surface area contributed by atoms with E-state index in [0.717, 1.165) is 56.7 Å². The molecule has 2 unspecified atom stereocenters. The molecule has 1 aromatic carbocycles. The van der Waals surface area contributed by atoms with E-state index >= 15 is 0 Å². The van der Waals surface area contributed by atoms with Gasteiger partial charge in [-0.25, -0.2) is 0 Å². The van der Waals surface area contributed by atoms with Gasteiger partial charge in [-0.2, -0.15) is 0 Å². The zero-order valence-corrected chi connectivity index (χ0v) is 20.5. The first-order valence-electron chi connectivity index (χ1n) is 10.4. The van der Waals surface area contributed by atoms with Crippen LogP contribution in [0.25, 0.3) is 0 Å². The molecule has 7 heteroatoms. The molecule has 2 atom stereocenters. The summed E-state index contributed by atoms with van der Waals surface area (Å²) in [5.74, 6) is 0.797. The average Bonchev–Trinajstić information content (AvgIpc) is 2.68. The summed E-state index contributed by atoms with van der Waals surface area (Å²) in [4.78, 5) is 18.4. The van der Waals surface area contributed by atoms with Crippen molar-refractivity contribution in [2.45, 2.75) is 52.1 Å². The Morgan fingerprint density at radius 2 is 2.07 bits per heavy atom. The van der Waals surface area contributed by atoms with Gasteiger partial charge in [0.2, 0.25) is 0 Å². The van der Waals surface area contributed by atoms with E-state index in [1.165, 1.54) is 0 Å². The monoisotopic (exact) mass is 516 g/mol. The summed E-state index contributed by atoms with van der Waals surface area (Å²) in [7, 11) is 3.53. The van der Waals surface area contributed by atoms with Gasteiger partial charge in [-0.3, -0.25) is 9.79 Å². The first kappa shape index (κ1) is 25.7. The summed E-state index contributed by atoms with van der Waals surface area (Å²) in [6.07, 6.45) is 4.69. The lowest BCUT2D eigenvalue weighted by atomic mass is 9.73. The number of hydrogen-bond donors (Lipinski definition) is 3. The molecule has 3 N–H and O–H groups in total. The van der Waals surface area contributed by atoms with E-state index < -0.39 is 0 Å². The molecule has 6 nitrogen and oxygen atoms in total. The molecule has 0 bridgehead atoms. The third-order valence-electron chi connectivity index (χ3n) is 5.51. The van der Waals surface area contributed by atoms with Crippen LogP contribution in [-0.4, -0.2) is 61.7 Å². The molecule has 29 heavy (non-hydrogen) atoms. The predicted molar refractivity (Wildman–Crippen MR) is 130 cm³/mol. The van der Waals surface area contributed by atoms with Gasteiger partial charge in [0.15, 0.2) is 5.96 Å². The van der Waals surface area contributed by atoms with Crippen LogP contribution in [0.1, 0.15) is 55.5 Å². The van der Waals surface area contributed by atoms with Crippen LogP contribution < -0.4 is 10.6 Å². The van der Waals surface area contributed by atoms with Gasteiger partial charge in [0, 0.05) is 38.2 Å². The van der Waals surface area contributed by atoms with Crippen molar-refractivity contribution in [1.82, 2.24) is 15.5 Å². The molecule has 164 valence electrons. The summed E-state index contributed by atoms with van der Waals surface area (Å²) in [6, 6.07) is 7.77. The predicted octanol–water partition coefficient (Wildman–Crippen LogP) is 3.05. The van der Waals surface area contributed by atoms with E-state index in [-0.39, 0.29) is 41.4 Å². The number of nitrogens with zero attached hydrogens (tertiary/aromatic N) is 2. The van der Waals surface area contributed by atoms with Crippen LogP contribution in [0.2, 0.25) is 0 Å². The number of guanidine groups is 1. The summed E-state index contributed by atoms with van der Waals surface area (Å²) in [5, 5.41) is 17.0. The summed E-state index contributed by atoms with van der Waals surface area (Å²) >= 11 is 0. The van der Waals surface area contributed by atoms with Crippen LogP contribution in [0.5, 0.6) is 0 Å². The lowest BCUT2D eigenvalue weighted by molar-refractivity contribution is 0.00716. The number of hydrogen-bond acceptors (Lipinski definition) is 3. The Labute approximate surface area is 192 Å². The van der Waals surface area contributed by atoms with Crippen molar-refractivity contribution in [3.05, 3.63) is 35.4 Å². The van der Waals surface area contributed by atoms with Crippen molar-refractivity contribution >= 4 is 35.8 Å². The van der Waals surface area contributed by atoms with Crippen LogP contribution in [0, 0.1) is 5.41 Å². The first-order chi connectivity index (χ1) is 13.4. The summed E-state index contributed by atoms with van der Waals surface area (Å²) < 4.78 is 0. The molecule has 1 aliphatic carbocycles. The highest BCUT2D eigenvalue weighted by Crippen LogP contribution is 2.36. The molecule has 0 heterocycles. The van der Waals surface area contributed by atoms with E-state index in [1.807, 2.05) is 31.2 Å². The average molecular weight is 516 g/mol. The number of aliphatic hydroxyl groups excluding tert-OH is 1. The summed E-state index contributed by atoms with van der Waals surface area (Å²) in [6.45, 7) is 6.32. The smallest absolute Gasteiger partial charge is 0.253 e. The van der Waals surface area contributed by atoms with Crippen molar-refractivity contribution in [3.8, 4) is 0 Å². The van der Waals surface area contributed by atoms with E-state index in [4.69, 9.17) is 4.99 Å². The highest BCUT2D eigenvalue weighted by molar-refractivity contribution is 14.0. The third-order valence-corrected chi connectivity index (χ3v) is 5.51. The number of nitrogens with one attached hydrogen (secondary N) is 2. The number of benzene rings is 1. The maximum atomic E-state index is 12.1. The second-order valence-electron chi connectivity index (χ2n) is 8.19. The fraction of sp³-hybridized carbons (Fsp3) is 0.636. The topological polar surface area (TPSA) is 77.0 Å². The fourth-order valence-corrected chi connectivity index (χ4v) is 3.61. The number of carbonyl (C=O) groups excluding carboxylic acids is 1. The minimum atomic E-state index is -0.273. The quantitative estimate of drug-likeness (QED) is 0.296. The highest BCUT2D eigenvalue weighted by Gasteiger charge is 2.35. The SMILES string of the molecule is CCNC(=NCC1(C)CCCCC1O)NCCc1cccc(C(=O)N(C)C)c1.I. The van der Waals surface area contributed by atoms with Gasteiger partial charge in [0.1, 0.15) is 0 Å². The zero-order valence-electron chi connectivity index (χ0n) is 18.2. The lowest BCUT2D eigenvalue weighted by Gasteiger charge is -2.37. The standard InChI is InChI=1S/C22H36N4O2.HI/c1-5-23-21(25-16-22(2)13-7-6-11-19(22)27)24-14-12-17-9-8-10-18(15-17)20(28)26(3)4;/h8-10,15,19,27H,5-7,11-14,16H2,1-4H3,(H2,23,24,25);1H. The van der Waals surface area contributed by atoms with Crippen LogP contribution in [-0.2, 0) is 6.42 Å².